The maximum absolute atomic E-state index is 11.9. The van der Waals surface area contributed by atoms with Crippen LogP contribution in [0.2, 0.25) is 0 Å². The number of aromatic nitrogens is 2. The molecular formula is C12H19N3O2. The lowest BCUT2D eigenvalue weighted by Gasteiger charge is -2.28. The molecule has 1 heterocycles. The van der Waals surface area contributed by atoms with Crippen LogP contribution in [0.15, 0.2) is 17.2 Å². The van der Waals surface area contributed by atoms with Gasteiger partial charge in [-0.1, -0.05) is 12.8 Å². The van der Waals surface area contributed by atoms with E-state index in [1.165, 1.54) is 0 Å². The standard InChI is InChI=1S/C12H19N3O2/c1-2-15-8-7-13-11(12(15)17)14-9-5-3-4-6-10(9)16/h7-10,16H,2-6H2,1H3,(H,13,14). The molecule has 1 aromatic rings. The van der Waals surface area contributed by atoms with E-state index in [0.717, 1.165) is 25.7 Å². The van der Waals surface area contributed by atoms with Gasteiger partial charge in [0.15, 0.2) is 5.82 Å². The quantitative estimate of drug-likeness (QED) is 0.822. The van der Waals surface area contributed by atoms with Crippen LogP contribution in [-0.4, -0.2) is 26.8 Å². The van der Waals surface area contributed by atoms with Crippen molar-refractivity contribution in [2.24, 2.45) is 0 Å². The molecule has 0 bridgehead atoms. The molecule has 0 radical (unpaired) electrons. The summed E-state index contributed by atoms with van der Waals surface area (Å²) in [6.07, 6.45) is 6.74. The van der Waals surface area contributed by atoms with E-state index >= 15 is 0 Å². The lowest BCUT2D eigenvalue weighted by Crippen LogP contribution is -2.39. The highest BCUT2D eigenvalue weighted by Gasteiger charge is 2.23. The molecule has 2 atom stereocenters. The second-order valence-electron chi connectivity index (χ2n) is 4.47. The van der Waals surface area contributed by atoms with Crippen molar-refractivity contribution in [3.8, 4) is 0 Å². The summed E-state index contributed by atoms with van der Waals surface area (Å²) in [7, 11) is 0. The first-order valence-corrected chi connectivity index (χ1v) is 6.22. The van der Waals surface area contributed by atoms with E-state index in [4.69, 9.17) is 0 Å². The topological polar surface area (TPSA) is 67.2 Å². The summed E-state index contributed by atoms with van der Waals surface area (Å²) in [5.41, 5.74) is -0.118. The number of hydrogen-bond acceptors (Lipinski definition) is 4. The Morgan fingerprint density at radius 1 is 1.53 bits per heavy atom. The third-order valence-corrected chi connectivity index (χ3v) is 3.31. The van der Waals surface area contributed by atoms with Crippen LogP contribution in [0.25, 0.3) is 0 Å². The van der Waals surface area contributed by atoms with Crippen molar-refractivity contribution in [2.75, 3.05) is 5.32 Å². The van der Waals surface area contributed by atoms with Gasteiger partial charge in [-0.25, -0.2) is 4.98 Å². The largest absolute Gasteiger partial charge is 0.391 e. The summed E-state index contributed by atoms with van der Waals surface area (Å²) >= 11 is 0. The zero-order valence-corrected chi connectivity index (χ0v) is 10.1. The van der Waals surface area contributed by atoms with Gasteiger partial charge < -0.3 is 15.0 Å². The lowest BCUT2D eigenvalue weighted by molar-refractivity contribution is 0.116. The van der Waals surface area contributed by atoms with Crippen molar-refractivity contribution in [2.45, 2.75) is 51.3 Å². The Labute approximate surface area is 100 Å². The maximum atomic E-state index is 11.9. The average Bonchev–Trinajstić information content (AvgIpc) is 2.34. The van der Waals surface area contributed by atoms with Crippen LogP contribution < -0.4 is 10.9 Å². The van der Waals surface area contributed by atoms with Crippen LogP contribution >= 0.6 is 0 Å². The first-order valence-electron chi connectivity index (χ1n) is 6.22. The molecule has 0 aliphatic heterocycles. The molecule has 1 aliphatic carbocycles. The highest BCUT2D eigenvalue weighted by Crippen LogP contribution is 2.20. The van der Waals surface area contributed by atoms with Crippen LogP contribution in [0.5, 0.6) is 0 Å². The Morgan fingerprint density at radius 2 is 2.29 bits per heavy atom. The zero-order valence-electron chi connectivity index (χ0n) is 10.1. The number of aryl methyl sites for hydroxylation is 1. The predicted octanol–water partition coefficient (Wildman–Crippen LogP) is 0.979. The van der Waals surface area contributed by atoms with Gasteiger partial charge in [-0.15, -0.1) is 0 Å². The van der Waals surface area contributed by atoms with E-state index in [9.17, 15) is 9.90 Å². The summed E-state index contributed by atoms with van der Waals surface area (Å²) in [6.45, 7) is 2.55. The fourth-order valence-electron chi connectivity index (χ4n) is 2.25. The molecule has 2 rings (SSSR count). The fraction of sp³-hybridized carbons (Fsp3) is 0.667. The molecule has 5 nitrogen and oxygen atoms in total. The summed E-state index contributed by atoms with van der Waals surface area (Å²) in [5.74, 6) is 0.348. The van der Waals surface area contributed by atoms with Gasteiger partial charge in [-0.3, -0.25) is 4.79 Å². The Hall–Kier alpha value is -1.36. The minimum atomic E-state index is -0.375. The second-order valence-corrected chi connectivity index (χ2v) is 4.47. The zero-order chi connectivity index (χ0) is 12.3. The molecular weight excluding hydrogens is 218 g/mol. The van der Waals surface area contributed by atoms with Crippen molar-refractivity contribution in [3.63, 3.8) is 0 Å². The van der Waals surface area contributed by atoms with Crippen LogP contribution in [0.3, 0.4) is 0 Å². The van der Waals surface area contributed by atoms with E-state index in [1.807, 2.05) is 6.92 Å². The Bertz CT molecular complexity index is 430. The average molecular weight is 237 g/mol. The molecule has 94 valence electrons. The summed E-state index contributed by atoms with van der Waals surface area (Å²) in [5, 5.41) is 12.9. The predicted molar refractivity (Wildman–Crippen MR) is 66.1 cm³/mol. The smallest absolute Gasteiger partial charge is 0.293 e. The molecule has 5 heteroatoms. The molecule has 1 saturated carbocycles. The number of anilines is 1. The van der Waals surface area contributed by atoms with Crippen LogP contribution in [-0.2, 0) is 6.54 Å². The van der Waals surface area contributed by atoms with Gasteiger partial charge in [0, 0.05) is 18.9 Å². The third kappa shape index (κ3) is 2.66. The molecule has 1 aliphatic rings. The third-order valence-electron chi connectivity index (χ3n) is 3.31. The van der Waals surface area contributed by atoms with Crippen molar-refractivity contribution in [3.05, 3.63) is 22.7 Å². The van der Waals surface area contributed by atoms with Gasteiger partial charge in [0.1, 0.15) is 0 Å². The summed E-state index contributed by atoms with van der Waals surface area (Å²) in [6, 6.07) is -0.0448. The van der Waals surface area contributed by atoms with Crippen LogP contribution in [0, 0.1) is 0 Å². The highest BCUT2D eigenvalue weighted by molar-refractivity contribution is 5.32. The minimum absolute atomic E-state index is 0.0448. The molecule has 2 N–H and O–H groups in total. The second kappa shape index (κ2) is 5.31. The molecule has 0 saturated heterocycles. The van der Waals surface area contributed by atoms with Crippen molar-refractivity contribution in [1.29, 1.82) is 0 Å². The number of aliphatic hydroxyl groups excluding tert-OH is 1. The summed E-state index contributed by atoms with van der Waals surface area (Å²) in [4.78, 5) is 16.0. The molecule has 1 fully saturated rings. The van der Waals surface area contributed by atoms with Gasteiger partial charge in [-0.05, 0) is 19.8 Å². The monoisotopic (exact) mass is 237 g/mol. The molecule has 2 unspecified atom stereocenters. The number of hydrogen-bond donors (Lipinski definition) is 2. The van der Waals surface area contributed by atoms with Crippen molar-refractivity contribution >= 4 is 5.82 Å². The Kier molecular flexibility index (Phi) is 3.78. The van der Waals surface area contributed by atoms with E-state index in [0.29, 0.717) is 12.4 Å². The summed E-state index contributed by atoms with van der Waals surface area (Å²) < 4.78 is 1.60. The molecule has 0 spiro atoms. The maximum Gasteiger partial charge on any atom is 0.293 e. The molecule has 0 amide bonds. The van der Waals surface area contributed by atoms with Gasteiger partial charge >= 0.3 is 0 Å². The Balaban J connectivity index is 2.15. The first kappa shape index (κ1) is 12.1. The first-order chi connectivity index (χ1) is 8.22. The van der Waals surface area contributed by atoms with E-state index in [1.54, 1.807) is 17.0 Å². The van der Waals surface area contributed by atoms with Gasteiger partial charge in [0.2, 0.25) is 0 Å². The van der Waals surface area contributed by atoms with E-state index in [2.05, 4.69) is 10.3 Å². The molecule has 17 heavy (non-hydrogen) atoms. The van der Waals surface area contributed by atoms with Crippen LogP contribution in [0.4, 0.5) is 5.82 Å². The number of aliphatic hydroxyl groups is 1. The SMILES string of the molecule is CCn1ccnc(NC2CCCCC2O)c1=O. The van der Waals surface area contributed by atoms with E-state index < -0.39 is 0 Å². The van der Waals surface area contributed by atoms with Crippen molar-refractivity contribution in [1.82, 2.24) is 9.55 Å². The van der Waals surface area contributed by atoms with Gasteiger partial charge in [0.25, 0.3) is 5.56 Å². The Morgan fingerprint density at radius 3 is 3.00 bits per heavy atom. The fourth-order valence-corrected chi connectivity index (χ4v) is 2.25. The van der Waals surface area contributed by atoms with Crippen molar-refractivity contribution < 1.29 is 5.11 Å². The van der Waals surface area contributed by atoms with E-state index in [-0.39, 0.29) is 17.7 Å². The normalized spacial score (nSPS) is 24.6. The molecule has 0 aromatic carbocycles. The number of rotatable bonds is 3. The van der Waals surface area contributed by atoms with Crippen LogP contribution in [0.1, 0.15) is 32.6 Å². The highest BCUT2D eigenvalue weighted by atomic mass is 16.3. The molecule has 1 aromatic heterocycles. The van der Waals surface area contributed by atoms with Gasteiger partial charge in [-0.2, -0.15) is 0 Å². The van der Waals surface area contributed by atoms with Gasteiger partial charge in [0.05, 0.1) is 12.1 Å². The minimum Gasteiger partial charge on any atom is -0.391 e. The number of nitrogens with one attached hydrogen (secondary N) is 1. The number of nitrogens with zero attached hydrogens (tertiary/aromatic N) is 2. The lowest BCUT2D eigenvalue weighted by atomic mass is 9.93.